The molecule has 1 amide bonds. The minimum absolute atomic E-state index is 0.0673. The van der Waals surface area contributed by atoms with Crippen molar-refractivity contribution in [2.24, 2.45) is 0 Å². The first-order valence-corrected chi connectivity index (χ1v) is 4.74. The van der Waals surface area contributed by atoms with Gasteiger partial charge in [-0.25, -0.2) is 4.79 Å². The van der Waals surface area contributed by atoms with E-state index in [1.54, 1.807) is 12.1 Å². The molecule has 0 aromatic heterocycles. The van der Waals surface area contributed by atoms with Crippen LogP contribution in [0.4, 0.5) is 0 Å². The Labute approximate surface area is 92.6 Å². The van der Waals surface area contributed by atoms with E-state index >= 15 is 0 Å². The Bertz CT molecular complexity index is 499. The Morgan fingerprint density at radius 1 is 1.56 bits per heavy atom. The maximum atomic E-state index is 11.5. The van der Waals surface area contributed by atoms with E-state index in [0.29, 0.717) is 17.7 Å². The van der Waals surface area contributed by atoms with Crippen molar-refractivity contribution in [3.05, 3.63) is 34.9 Å². The predicted octanol–water partition coefficient (Wildman–Crippen LogP) is 0.720. The molecule has 1 aromatic rings. The molecular weight excluding hydrogens is 206 g/mol. The third-order valence-corrected chi connectivity index (χ3v) is 2.32. The lowest BCUT2D eigenvalue weighted by Gasteiger charge is -2.02. The number of terminal acetylenes is 1. The van der Waals surface area contributed by atoms with Crippen LogP contribution >= 0.6 is 0 Å². The Morgan fingerprint density at radius 2 is 2.38 bits per heavy atom. The van der Waals surface area contributed by atoms with Crippen LogP contribution in [0, 0.1) is 12.3 Å². The van der Waals surface area contributed by atoms with Gasteiger partial charge in [0.1, 0.15) is 0 Å². The zero-order chi connectivity index (χ0) is 11.5. The Kier molecular flexibility index (Phi) is 2.61. The molecule has 4 heteroatoms. The van der Waals surface area contributed by atoms with Crippen LogP contribution in [0.2, 0.25) is 0 Å². The number of rotatable bonds is 2. The largest absolute Gasteiger partial charge is 0.449 e. The van der Waals surface area contributed by atoms with Gasteiger partial charge in [-0.1, -0.05) is 12.0 Å². The summed E-state index contributed by atoms with van der Waals surface area (Å²) in [6.45, 7) is 0.440. The second kappa shape index (κ2) is 4.07. The predicted molar refractivity (Wildman–Crippen MR) is 56.7 cm³/mol. The highest BCUT2D eigenvalue weighted by Gasteiger charge is 2.20. The maximum Gasteiger partial charge on any atom is 0.339 e. The fraction of sp³-hybridized carbons (Fsp3) is 0.167. The second-order valence-electron chi connectivity index (χ2n) is 3.33. The van der Waals surface area contributed by atoms with Gasteiger partial charge in [-0.15, -0.1) is 6.42 Å². The summed E-state index contributed by atoms with van der Waals surface area (Å²) < 4.78 is 4.77. The van der Waals surface area contributed by atoms with E-state index in [-0.39, 0.29) is 12.5 Å². The third-order valence-electron chi connectivity index (χ3n) is 2.32. The van der Waals surface area contributed by atoms with Crippen molar-refractivity contribution in [2.75, 3.05) is 6.61 Å². The molecule has 16 heavy (non-hydrogen) atoms. The van der Waals surface area contributed by atoms with Crippen molar-refractivity contribution >= 4 is 11.9 Å². The van der Waals surface area contributed by atoms with Crippen LogP contribution < -0.4 is 5.32 Å². The molecular formula is C12H9NO3. The Morgan fingerprint density at radius 3 is 3.12 bits per heavy atom. The smallest absolute Gasteiger partial charge is 0.339 e. The van der Waals surface area contributed by atoms with E-state index < -0.39 is 5.97 Å². The molecule has 1 aliphatic heterocycles. The highest BCUT2D eigenvalue weighted by Crippen LogP contribution is 2.17. The van der Waals surface area contributed by atoms with E-state index in [9.17, 15) is 9.59 Å². The quantitative estimate of drug-likeness (QED) is 0.584. The molecule has 0 spiro atoms. The average Bonchev–Trinajstić information content (AvgIpc) is 2.67. The van der Waals surface area contributed by atoms with Crippen LogP contribution in [0.3, 0.4) is 0 Å². The molecule has 1 N–H and O–H groups in total. The first-order valence-electron chi connectivity index (χ1n) is 4.74. The van der Waals surface area contributed by atoms with Crippen molar-refractivity contribution in [3.8, 4) is 12.3 Å². The van der Waals surface area contributed by atoms with Gasteiger partial charge < -0.3 is 10.1 Å². The van der Waals surface area contributed by atoms with Crippen molar-refractivity contribution in [1.29, 1.82) is 0 Å². The highest BCUT2D eigenvalue weighted by molar-refractivity contribution is 6.01. The lowest BCUT2D eigenvalue weighted by atomic mass is 10.1. The molecule has 0 bridgehead atoms. The topological polar surface area (TPSA) is 55.4 Å². The number of carbonyl (C=O) groups excluding carboxylic acids is 2. The van der Waals surface area contributed by atoms with Gasteiger partial charge in [-0.2, -0.15) is 0 Å². The molecule has 0 saturated carbocycles. The van der Waals surface area contributed by atoms with Gasteiger partial charge >= 0.3 is 5.97 Å². The van der Waals surface area contributed by atoms with Gasteiger partial charge in [-0.3, -0.25) is 4.79 Å². The normalized spacial score (nSPS) is 12.6. The Balaban J connectivity index is 2.25. The SMILES string of the molecule is C#CCOC(=O)c1ccc2c(c1)C(=O)NC2. The third kappa shape index (κ3) is 1.75. The van der Waals surface area contributed by atoms with E-state index in [4.69, 9.17) is 11.2 Å². The summed E-state index contributed by atoms with van der Waals surface area (Å²) in [5, 5.41) is 2.67. The monoisotopic (exact) mass is 215 g/mol. The average molecular weight is 215 g/mol. The fourth-order valence-corrected chi connectivity index (χ4v) is 1.53. The van der Waals surface area contributed by atoms with Crippen LogP contribution in [0.1, 0.15) is 26.3 Å². The summed E-state index contributed by atoms with van der Waals surface area (Å²) in [6.07, 6.45) is 4.98. The second-order valence-corrected chi connectivity index (χ2v) is 3.33. The van der Waals surface area contributed by atoms with E-state index in [1.165, 1.54) is 6.07 Å². The maximum absolute atomic E-state index is 11.5. The van der Waals surface area contributed by atoms with Crippen molar-refractivity contribution in [1.82, 2.24) is 5.32 Å². The molecule has 0 saturated heterocycles. The summed E-state index contributed by atoms with van der Waals surface area (Å²) in [5.74, 6) is 1.53. The van der Waals surface area contributed by atoms with Crippen LogP contribution in [0.5, 0.6) is 0 Å². The molecule has 0 aliphatic carbocycles. The van der Waals surface area contributed by atoms with Gasteiger partial charge in [0.2, 0.25) is 0 Å². The van der Waals surface area contributed by atoms with Gasteiger partial charge in [-0.05, 0) is 17.7 Å². The molecule has 80 valence electrons. The van der Waals surface area contributed by atoms with E-state index in [1.807, 2.05) is 0 Å². The van der Waals surface area contributed by atoms with Gasteiger partial charge in [0, 0.05) is 12.1 Å². The first kappa shape index (κ1) is 10.2. The zero-order valence-electron chi connectivity index (χ0n) is 8.45. The molecule has 4 nitrogen and oxygen atoms in total. The molecule has 1 heterocycles. The number of ether oxygens (including phenoxy) is 1. The molecule has 0 radical (unpaired) electrons. The standard InChI is InChI=1S/C12H9NO3/c1-2-5-16-12(15)8-3-4-9-7-13-11(14)10(9)6-8/h1,3-4,6H,5,7H2,(H,13,14). The van der Waals surface area contributed by atoms with Crippen LogP contribution in [-0.2, 0) is 11.3 Å². The number of amides is 1. The number of esters is 1. The molecule has 1 aromatic carbocycles. The highest BCUT2D eigenvalue weighted by atomic mass is 16.5. The summed E-state index contributed by atoms with van der Waals surface area (Å²) in [6, 6.07) is 4.88. The molecule has 0 unspecified atom stereocenters. The van der Waals surface area contributed by atoms with E-state index in [0.717, 1.165) is 5.56 Å². The number of hydrogen-bond acceptors (Lipinski definition) is 3. The van der Waals surface area contributed by atoms with Crippen LogP contribution in [0.15, 0.2) is 18.2 Å². The number of hydrogen-bond donors (Lipinski definition) is 1. The van der Waals surface area contributed by atoms with Gasteiger partial charge in [0.25, 0.3) is 5.91 Å². The fourth-order valence-electron chi connectivity index (χ4n) is 1.53. The minimum Gasteiger partial charge on any atom is -0.449 e. The Hall–Kier alpha value is -2.28. The number of fused-ring (bicyclic) bond motifs is 1. The molecule has 2 rings (SSSR count). The van der Waals surface area contributed by atoms with E-state index in [2.05, 4.69) is 11.2 Å². The zero-order valence-corrected chi connectivity index (χ0v) is 8.45. The first-order chi connectivity index (χ1) is 7.72. The number of benzene rings is 1. The summed E-state index contributed by atoms with van der Waals surface area (Å²) in [7, 11) is 0. The lowest BCUT2D eigenvalue weighted by molar-refractivity contribution is 0.0557. The summed E-state index contributed by atoms with van der Waals surface area (Å²) in [5.41, 5.74) is 1.75. The number of carbonyl (C=O) groups is 2. The lowest BCUT2D eigenvalue weighted by Crippen LogP contribution is -2.13. The molecule has 1 aliphatic rings. The van der Waals surface area contributed by atoms with Crippen molar-refractivity contribution < 1.29 is 14.3 Å². The van der Waals surface area contributed by atoms with Crippen LogP contribution in [-0.4, -0.2) is 18.5 Å². The van der Waals surface area contributed by atoms with Gasteiger partial charge in [0.15, 0.2) is 6.61 Å². The molecule has 0 fully saturated rings. The van der Waals surface area contributed by atoms with Crippen molar-refractivity contribution in [3.63, 3.8) is 0 Å². The van der Waals surface area contributed by atoms with Crippen LogP contribution in [0.25, 0.3) is 0 Å². The molecule has 0 atom stereocenters. The summed E-state index contributed by atoms with van der Waals surface area (Å²) >= 11 is 0. The number of nitrogens with one attached hydrogen (secondary N) is 1. The summed E-state index contributed by atoms with van der Waals surface area (Å²) in [4.78, 5) is 22.8. The van der Waals surface area contributed by atoms with Gasteiger partial charge in [0.05, 0.1) is 5.56 Å². The van der Waals surface area contributed by atoms with Crippen molar-refractivity contribution in [2.45, 2.75) is 6.54 Å². The minimum atomic E-state index is -0.513.